The molecule has 1 aliphatic heterocycles. The number of hydrogen-bond donors (Lipinski definition) is 2. The van der Waals surface area contributed by atoms with Crippen LogP contribution in [-0.4, -0.2) is 23.5 Å². The molecule has 40 heavy (non-hydrogen) atoms. The van der Waals surface area contributed by atoms with Crippen LogP contribution in [0.3, 0.4) is 0 Å². The molecule has 2 N–H and O–H groups in total. The molecule has 0 fully saturated rings. The number of nitrogens with zero attached hydrogens (tertiary/aromatic N) is 2. The zero-order valence-corrected chi connectivity index (χ0v) is 25.2. The summed E-state index contributed by atoms with van der Waals surface area (Å²) in [4.78, 5) is 25.4. The van der Waals surface area contributed by atoms with Crippen LogP contribution in [0.15, 0.2) is 41.5 Å². The standard InChI is InChI=1S/C30H37Cl3N4O3/c1-2-3-4-5-6-7-8-9-10-11-12-16-26(34)40-23-15-13-14-21(17-23)30(39)35-27-20-28(38)37(36-27)29-24(32)18-22(31)19-25(29)33/h13-15,17-19,34H,2-12,16,20H2,1H3,(H,35,36,39). The smallest absolute Gasteiger partial charge is 0.256 e. The highest BCUT2D eigenvalue weighted by Crippen LogP contribution is 2.38. The van der Waals surface area contributed by atoms with Gasteiger partial charge in [0, 0.05) is 17.0 Å². The number of benzene rings is 2. The van der Waals surface area contributed by atoms with Crippen molar-refractivity contribution in [3.8, 4) is 5.75 Å². The zero-order valence-electron chi connectivity index (χ0n) is 22.9. The molecular formula is C30H37Cl3N4O3. The topological polar surface area (TPSA) is 94.8 Å². The monoisotopic (exact) mass is 606 g/mol. The number of carbonyl (C=O) groups is 2. The minimum absolute atomic E-state index is 0.124. The number of amides is 2. The van der Waals surface area contributed by atoms with Gasteiger partial charge in [0.05, 0.1) is 16.5 Å². The fourth-order valence-corrected chi connectivity index (χ4v) is 5.43. The number of ether oxygens (including phenoxy) is 1. The van der Waals surface area contributed by atoms with Gasteiger partial charge in [0.15, 0.2) is 5.90 Å². The third kappa shape index (κ3) is 10.1. The van der Waals surface area contributed by atoms with Crippen LogP contribution < -0.4 is 15.1 Å². The molecule has 1 heterocycles. The van der Waals surface area contributed by atoms with E-state index in [1.54, 1.807) is 24.3 Å². The van der Waals surface area contributed by atoms with Crippen molar-refractivity contribution in [2.45, 2.75) is 90.4 Å². The van der Waals surface area contributed by atoms with Gasteiger partial charge in [0.1, 0.15) is 17.3 Å². The quantitative estimate of drug-likeness (QED) is 0.120. The molecule has 0 unspecified atom stereocenters. The van der Waals surface area contributed by atoms with Gasteiger partial charge in [0.2, 0.25) is 0 Å². The van der Waals surface area contributed by atoms with E-state index in [0.717, 1.165) is 17.9 Å². The summed E-state index contributed by atoms with van der Waals surface area (Å²) < 4.78 is 5.67. The molecule has 0 atom stereocenters. The van der Waals surface area contributed by atoms with E-state index in [0.29, 0.717) is 22.8 Å². The van der Waals surface area contributed by atoms with E-state index < -0.39 is 11.8 Å². The SMILES string of the molecule is CCCCCCCCCCCCCC(=N)Oc1cccc(C(=O)NC2=NN(c3c(Cl)cc(Cl)cc3Cl)C(=O)C2)c1. The number of carbonyl (C=O) groups excluding carboxylic acids is 2. The van der Waals surface area contributed by atoms with E-state index in [1.165, 1.54) is 69.9 Å². The number of nitrogens with one attached hydrogen (secondary N) is 2. The molecule has 0 aromatic heterocycles. The molecule has 2 aromatic rings. The molecular weight excluding hydrogens is 571 g/mol. The predicted molar refractivity (Wildman–Crippen MR) is 164 cm³/mol. The van der Waals surface area contributed by atoms with Crippen molar-refractivity contribution >= 4 is 64.0 Å². The normalized spacial score (nSPS) is 12.9. The van der Waals surface area contributed by atoms with Gasteiger partial charge in [-0.1, -0.05) is 112 Å². The maximum absolute atomic E-state index is 12.9. The Hall–Kier alpha value is -2.61. The van der Waals surface area contributed by atoms with Crippen LogP contribution in [0.5, 0.6) is 5.75 Å². The maximum atomic E-state index is 12.9. The van der Waals surface area contributed by atoms with E-state index in [1.807, 2.05) is 0 Å². The first-order valence-corrected chi connectivity index (χ1v) is 15.1. The lowest BCUT2D eigenvalue weighted by atomic mass is 10.1. The largest absolute Gasteiger partial charge is 0.444 e. The van der Waals surface area contributed by atoms with Crippen LogP contribution in [0.25, 0.3) is 0 Å². The van der Waals surface area contributed by atoms with Gasteiger partial charge in [-0.25, -0.2) is 0 Å². The second kappa shape index (κ2) is 16.6. The lowest BCUT2D eigenvalue weighted by molar-refractivity contribution is -0.116. The number of halogens is 3. The molecule has 7 nitrogen and oxygen atoms in total. The Morgan fingerprint density at radius 1 is 0.950 bits per heavy atom. The summed E-state index contributed by atoms with van der Waals surface area (Å²) in [6, 6.07) is 9.49. The second-order valence-corrected chi connectivity index (χ2v) is 11.2. The second-order valence-electron chi connectivity index (χ2n) is 9.94. The first kappa shape index (κ1) is 31.9. The van der Waals surface area contributed by atoms with E-state index >= 15 is 0 Å². The summed E-state index contributed by atoms with van der Waals surface area (Å²) in [6.45, 7) is 2.24. The number of anilines is 1. The van der Waals surface area contributed by atoms with E-state index in [2.05, 4.69) is 17.3 Å². The Bertz CT molecular complexity index is 1200. The highest BCUT2D eigenvalue weighted by Gasteiger charge is 2.30. The summed E-state index contributed by atoms with van der Waals surface area (Å²) in [7, 11) is 0. The van der Waals surface area contributed by atoms with Crippen LogP contribution in [-0.2, 0) is 4.79 Å². The highest BCUT2D eigenvalue weighted by atomic mass is 35.5. The Kier molecular flexibility index (Phi) is 13.2. The van der Waals surface area contributed by atoms with Gasteiger partial charge in [-0.15, -0.1) is 0 Å². The Balaban J connectivity index is 1.42. The number of hydrogen-bond acceptors (Lipinski definition) is 5. The van der Waals surface area contributed by atoms with Crippen molar-refractivity contribution < 1.29 is 14.3 Å². The third-order valence-corrected chi connectivity index (χ3v) is 7.37. The van der Waals surface area contributed by atoms with Gasteiger partial charge >= 0.3 is 0 Å². The predicted octanol–water partition coefficient (Wildman–Crippen LogP) is 9.18. The summed E-state index contributed by atoms with van der Waals surface area (Å²) in [5.74, 6) is -0.107. The average molecular weight is 608 g/mol. The summed E-state index contributed by atoms with van der Waals surface area (Å²) in [6.07, 6.45) is 14.1. The number of unbranched alkanes of at least 4 members (excludes halogenated alkanes) is 10. The molecule has 3 rings (SSSR count). The lowest BCUT2D eigenvalue weighted by Gasteiger charge is -2.15. The third-order valence-electron chi connectivity index (χ3n) is 6.57. The minimum Gasteiger partial charge on any atom is -0.444 e. The van der Waals surface area contributed by atoms with Crippen LogP contribution in [0.2, 0.25) is 15.1 Å². The van der Waals surface area contributed by atoms with E-state index in [-0.39, 0.29) is 33.9 Å². The van der Waals surface area contributed by atoms with Crippen LogP contribution in [0.1, 0.15) is 101 Å². The zero-order chi connectivity index (χ0) is 28.9. The number of rotatable bonds is 15. The fourth-order valence-electron chi connectivity index (χ4n) is 4.46. The summed E-state index contributed by atoms with van der Waals surface area (Å²) in [5, 5.41) is 16.8. The molecule has 0 radical (unpaired) electrons. The summed E-state index contributed by atoms with van der Waals surface area (Å²) >= 11 is 18.4. The van der Waals surface area contributed by atoms with Gasteiger partial charge in [-0.3, -0.25) is 15.0 Å². The van der Waals surface area contributed by atoms with Crippen molar-refractivity contribution in [3.63, 3.8) is 0 Å². The van der Waals surface area contributed by atoms with Crippen molar-refractivity contribution in [1.82, 2.24) is 5.32 Å². The number of hydrazone groups is 1. The Labute approximate surface area is 251 Å². The Morgan fingerprint density at radius 2 is 1.55 bits per heavy atom. The molecule has 1 aliphatic rings. The van der Waals surface area contributed by atoms with Crippen molar-refractivity contribution in [3.05, 3.63) is 57.0 Å². The molecule has 216 valence electrons. The molecule has 0 spiro atoms. The van der Waals surface area contributed by atoms with Gasteiger partial charge < -0.3 is 10.1 Å². The van der Waals surface area contributed by atoms with Gasteiger partial charge in [-0.2, -0.15) is 10.1 Å². The first-order valence-electron chi connectivity index (χ1n) is 14.0. The van der Waals surface area contributed by atoms with Crippen molar-refractivity contribution in [1.29, 1.82) is 5.41 Å². The van der Waals surface area contributed by atoms with Crippen LogP contribution in [0.4, 0.5) is 5.69 Å². The van der Waals surface area contributed by atoms with Gasteiger partial charge in [-0.05, 0) is 36.8 Å². The van der Waals surface area contributed by atoms with Crippen LogP contribution in [0, 0.1) is 5.41 Å². The van der Waals surface area contributed by atoms with Crippen LogP contribution >= 0.6 is 34.8 Å². The molecule has 0 bridgehead atoms. The van der Waals surface area contributed by atoms with E-state index in [9.17, 15) is 9.59 Å². The van der Waals surface area contributed by atoms with E-state index in [4.69, 9.17) is 44.9 Å². The Morgan fingerprint density at radius 3 is 2.17 bits per heavy atom. The fraction of sp³-hybridized carbons (Fsp3) is 0.467. The summed E-state index contributed by atoms with van der Waals surface area (Å²) in [5.41, 5.74) is 0.518. The van der Waals surface area contributed by atoms with Crippen molar-refractivity contribution in [2.24, 2.45) is 5.10 Å². The molecule has 2 aromatic carbocycles. The minimum atomic E-state index is -0.455. The average Bonchev–Trinajstić information content (AvgIpc) is 3.25. The molecule has 0 saturated carbocycles. The van der Waals surface area contributed by atoms with Gasteiger partial charge in [0.25, 0.3) is 11.8 Å². The molecule has 10 heteroatoms. The molecule has 0 aliphatic carbocycles. The first-order chi connectivity index (χ1) is 19.3. The highest BCUT2D eigenvalue weighted by molar-refractivity contribution is 6.42. The molecule has 2 amide bonds. The number of amidine groups is 1. The van der Waals surface area contributed by atoms with Crippen molar-refractivity contribution in [2.75, 3.05) is 5.01 Å². The lowest BCUT2D eigenvalue weighted by Crippen LogP contribution is -2.29. The molecule has 0 saturated heterocycles. The maximum Gasteiger partial charge on any atom is 0.256 e.